The number of benzene rings is 2. The van der Waals surface area contributed by atoms with Gasteiger partial charge in [-0.05, 0) is 42.0 Å². The van der Waals surface area contributed by atoms with Crippen LogP contribution < -0.4 is 5.32 Å². The van der Waals surface area contributed by atoms with Crippen molar-refractivity contribution in [2.24, 2.45) is 0 Å². The zero-order valence-corrected chi connectivity index (χ0v) is 17.4. The monoisotopic (exact) mass is 457 g/mol. The zero-order valence-electron chi connectivity index (χ0n) is 13.5. The van der Waals surface area contributed by atoms with Crippen molar-refractivity contribution in [1.82, 2.24) is 9.80 Å². The van der Waals surface area contributed by atoms with E-state index in [0.29, 0.717) is 15.2 Å². The molecule has 1 aliphatic heterocycles. The highest BCUT2D eigenvalue weighted by molar-refractivity contribution is 9.10. The van der Waals surface area contributed by atoms with Gasteiger partial charge < -0.3 is 10.2 Å². The third-order valence-electron chi connectivity index (χ3n) is 4.18. The van der Waals surface area contributed by atoms with E-state index in [9.17, 15) is 0 Å². The van der Waals surface area contributed by atoms with Crippen molar-refractivity contribution in [2.75, 3.05) is 31.5 Å². The molecule has 0 radical (unpaired) electrons. The van der Waals surface area contributed by atoms with Gasteiger partial charge in [-0.1, -0.05) is 57.3 Å². The first kappa shape index (κ1) is 18.9. The molecule has 0 aliphatic carbocycles. The maximum Gasteiger partial charge on any atom is 0.173 e. The molecule has 0 atom stereocenters. The first-order valence-electron chi connectivity index (χ1n) is 7.99. The van der Waals surface area contributed by atoms with Gasteiger partial charge in [0.05, 0.1) is 10.7 Å². The Bertz CT molecular complexity index is 764. The number of hydrogen-bond donors (Lipinski definition) is 1. The first-order chi connectivity index (χ1) is 12.0. The molecule has 0 unspecified atom stereocenters. The van der Waals surface area contributed by atoms with Crippen LogP contribution in [0.5, 0.6) is 0 Å². The van der Waals surface area contributed by atoms with Crippen LogP contribution in [-0.4, -0.2) is 41.1 Å². The Morgan fingerprint density at radius 2 is 1.80 bits per heavy atom. The minimum Gasteiger partial charge on any atom is -0.346 e. The van der Waals surface area contributed by atoms with E-state index in [-0.39, 0.29) is 0 Å². The minimum absolute atomic E-state index is 0.572. The Kier molecular flexibility index (Phi) is 6.58. The highest BCUT2D eigenvalue weighted by Gasteiger charge is 2.20. The van der Waals surface area contributed by atoms with Gasteiger partial charge in [-0.3, -0.25) is 4.90 Å². The fourth-order valence-electron chi connectivity index (χ4n) is 2.76. The van der Waals surface area contributed by atoms with Crippen molar-refractivity contribution < 1.29 is 0 Å². The summed E-state index contributed by atoms with van der Waals surface area (Å²) in [5.41, 5.74) is 2.09. The SMILES string of the molecule is S=C(Nc1ccc(Cl)cc1Cl)N1CCN(Cc2ccccc2Br)CC1. The van der Waals surface area contributed by atoms with Crippen LogP contribution in [0.15, 0.2) is 46.9 Å². The number of thiocarbonyl (C=S) groups is 1. The molecule has 1 heterocycles. The standard InChI is InChI=1S/C18H18BrCl2N3S/c19-15-4-2-1-3-13(15)12-23-7-9-24(10-8-23)18(25)22-17-6-5-14(20)11-16(17)21/h1-6,11H,7-10,12H2,(H,22,25). The smallest absolute Gasteiger partial charge is 0.173 e. The summed E-state index contributed by atoms with van der Waals surface area (Å²) < 4.78 is 1.16. The third kappa shape index (κ3) is 5.08. The van der Waals surface area contributed by atoms with E-state index in [2.05, 4.69) is 49.2 Å². The molecule has 1 saturated heterocycles. The lowest BCUT2D eigenvalue weighted by Crippen LogP contribution is -2.49. The minimum atomic E-state index is 0.572. The number of halogens is 3. The van der Waals surface area contributed by atoms with Crippen LogP contribution in [0.25, 0.3) is 0 Å². The van der Waals surface area contributed by atoms with Crippen LogP contribution in [0.2, 0.25) is 10.0 Å². The third-order valence-corrected chi connectivity index (χ3v) is 5.87. The van der Waals surface area contributed by atoms with Crippen molar-refractivity contribution in [3.05, 3.63) is 62.5 Å². The summed E-state index contributed by atoms with van der Waals surface area (Å²) in [6.45, 7) is 4.66. The quantitative estimate of drug-likeness (QED) is 0.631. The molecule has 2 aromatic rings. The lowest BCUT2D eigenvalue weighted by Gasteiger charge is -2.36. The average Bonchev–Trinajstić information content (AvgIpc) is 2.60. The molecule has 25 heavy (non-hydrogen) atoms. The molecule has 0 aromatic heterocycles. The van der Waals surface area contributed by atoms with Crippen molar-refractivity contribution in [3.8, 4) is 0 Å². The summed E-state index contributed by atoms with van der Waals surface area (Å²) in [6, 6.07) is 13.7. The number of hydrogen-bond acceptors (Lipinski definition) is 2. The summed E-state index contributed by atoms with van der Waals surface area (Å²) in [6.07, 6.45) is 0. The molecule has 7 heteroatoms. The Labute approximate surface area is 172 Å². The summed E-state index contributed by atoms with van der Waals surface area (Å²) >= 11 is 21.3. The van der Waals surface area contributed by atoms with Gasteiger partial charge in [-0.15, -0.1) is 0 Å². The molecule has 0 spiro atoms. The molecule has 2 aromatic carbocycles. The predicted molar refractivity (Wildman–Crippen MR) is 114 cm³/mol. The maximum absolute atomic E-state index is 6.20. The molecule has 3 nitrogen and oxygen atoms in total. The van der Waals surface area contributed by atoms with Crippen molar-refractivity contribution in [1.29, 1.82) is 0 Å². The fraction of sp³-hybridized carbons (Fsp3) is 0.278. The van der Waals surface area contributed by atoms with Gasteiger partial charge in [-0.2, -0.15) is 0 Å². The van der Waals surface area contributed by atoms with Gasteiger partial charge in [0, 0.05) is 42.2 Å². The van der Waals surface area contributed by atoms with E-state index in [1.165, 1.54) is 5.56 Å². The van der Waals surface area contributed by atoms with Gasteiger partial charge in [0.1, 0.15) is 0 Å². The van der Waals surface area contributed by atoms with Gasteiger partial charge in [0.2, 0.25) is 0 Å². The number of piperazine rings is 1. The lowest BCUT2D eigenvalue weighted by atomic mass is 10.2. The van der Waals surface area contributed by atoms with Gasteiger partial charge >= 0.3 is 0 Å². The Morgan fingerprint density at radius 1 is 1.08 bits per heavy atom. The average molecular weight is 459 g/mol. The molecule has 1 N–H and O–H groups in total. The Morgan fingerprint density at radius 3 is 2.48 bits per heavy atom. The Balaban J connectivity index is 1.53. The second-order valence-electron chi connectivity index (χ2n) is 5.91. The van der Waals surface area contributed by atoms with Crippen molar-refractivity contribution in [2.45, 2.75) is 6.54 Å². The molecule has 132 valence electrons. The largest absolute Gasteiger partial charge is 0.346 e. The Hall–Kier alpha value is -0.850. The lowest BCUT2D eigenvalue weighted by molar-refractivity contribution is 0.176. The summed E-state index contributed by atoms with van der Waals surface area (Å²) in [5.74, 6) is 0. The van der Waals surface area contributed by atoms with Crippen molar-refractivity contribution in [3.63, 3.8) is 0 Å². The van der Waals surface area contributed by atoms with E-state index >= 15 is 0 Å². The molecular weight excluding hydrogens is 441 g/mol. The van der Waals surface area contributed by atoms with Crippen LogP contribution in [0.4, 0.5) is 5.69 Å². The van der Waals surface area contributed by atoms with Crippen LogP contribution in [0.1, 0.15) is 5.56 Å². The molecule has 1 aliphatic rings. The number of anilines is 1. The second-order valence-corrected chi connectivity index (χ2v) is 7.99. The molecule has 0 bridgehead atoms. The predicted octanol–water partition coefficient (Wildman–Crippen LogP) is 5.27. The van der Waals surface area contributed by atoms with Crippen LogP contribution in [0.3, 0.4) is 0 Å². The van der Waals surface area contributed by atoms with E-state index in [4.69, 9.17) is 35.4 Å². The summed E-state index contributed by atoms with van der Waals surface area (Å²) in [4.78, 5) is 4.62. The molecule has 1 fully saturated rings. The molecule has 0 amide bonds. The highest BCUT2D eigenvalue weighted by Crippen LogP contribution is 2.26. The van der Waals surface area contributed by atoms with Gasteiger partial charge in [0.15, 0.2) is 5.11 Å². The van der Waals surface area contributed by atoms with Crippen molar-refractivity contribution >= 4 is 62.1 Å². The normalized spacial score (nSPS) is 15.2. The van der Waals surface area contributed by atoms with E-state index < -0.39 is 0 Å². The van der Waals surface area contributed by atoms with Crippen LogP contribution >= 0.6 is 51.3 Å². The second kappa shape index (κ2) is 8.69. The number of nitrogens with one attached hydrogen (secondary N) is 1. The first-order valence-corrected chi connectivity index (χ1v) is 9.95. The van der Waals surface area contributed by atoms with E-state index in [0.717, 1.165) is 42.9 Å². The summed E-state index contributed by atoms with van der Waals surface area (Å²) in [5, 5.41) is 5.11. The molecule has 3 rings (SSSR count). The van der Waals surface area contributed by atoms with Crippen LogP contribution in [0, 0.1) is 0 Å². The molecule has 0 saturated carbocycles. The van der Waals surface area contributed by atoms with E-state index in [1.54, 1.807) is 12.1 Å². The topological polar surface area (TPSA) is 18.5 Å². The molecular formula is C18H18BrCl2N3S. The number of nitrogens with zero attached hydrogens (tertiary/aromatic N) is 2. The summed E-state index contributed by atoms with van der Waals surface area (Å²) in [7, 11) is 0. The number of rotatable bonds is 3. The highest BCUT2D eigenvalue weighted by atomic mass is 79.9. The van der Waals surface area contributed by atoms with Crippen LogP contribution in [-0.2, 0) is 6.54 Å². The zero-order chi connectivity index (χ0) is 17.8. The van der Waals surface area contributed by atoms with Gasteiger partial charge in [-0.25, -0.2) is 0 Å². The van der Waals surface area contributed by atoms with E-state index in [1.807, 2.05) is 12.1 Å². The van der Waals surface area contributed by atoms with Gasteiger partial charge in [0.25, 0.3) is 0 Å². The fourth-order valence-corrected chi connectivity index (χ4v) is 3.92. The maximum atomic E-state index is 6.20.